The summed E-state index contributed by atoms with van der Waals surface area (Å²) in [6, 6.07) is 3.95. The minimum atomic E-state index is -0.578. The summed E-state index contributed by atoms with van der Waals surface area (Å²) in [5.74, 6) is 1.21. The number of aliphatic hydroxyl groups is 1. The summed E-state index contributed by atoms with van der Waals surface area (Å²) < 4.78 is 0.685. The molecule has 2 unspecified atom stereocenters. The molecule has 3 N–H and O–H groups in total. The molecular weight excluding hydrogens is 282 g/mol. The van der Waals surface area contributed by atoms with Gasteiger partial charge in [-0.05, 0) is 25.0 Å². The molecule has 0 saturated heterocycles. The molecule has 1 aromatic rings. The Morgan fingerprint density at radius 1 is 1.42 bits per heavy atom. The van der Waals surface area contributed by atoms with Crippen molar-refractivity contribution in [2.75, 3.05) is 13.6 Å². The zero-order chi connectivity index (χ0) is 14.4. The fourth-order valence-electron chi connectivity index (χ4n) is 1.38. The fraction of sp³-hybridized carbons (Fsp3) is 0.615. The quantitative estimate of drug-likeness (QED) is 0.579. The average Bonchev–Trinajstić information content (AvgIpc) is 2.80. The van der Waals surface area contributed by atoms with Crippen molar-refractivity contribution in [3.63, 3.8) is 0 Å². The summed E-state index contributed by atoms with van der Waals surface area (Å²) in [5, 5.41) is 16.4. The van der Waals surface area contributed by atoms with Crippen molar-refractivity contribution >= 4 is 28.9 Å². The van der Waals surface area contributed by atoms with Gasteiger partial charge in [0.1, 0.15) is 6.10 Å². The molecule has 0 spiro atoms. The van der Waals surface area contributed by atoms with E-state index in [1.54, 1.807) is 13.1 Å². The Bertz CT molecular complexity index is 420. The summed E-state index contributed by atoms with van der Waals surface area (Å²) in [6.45, 7) is 6.80. The van der Waals surface area contributed by atoms with Gasteiger partial charge < -0.3 is 15.7 Å². The lowest BCUT2D eigenvalue weighted by Gasteiger charge is -2.21. The number of aliphatic hydroxyl groups excluding tert-OH is 1. The van der Waals surface area contributed by atoms with Crippen LogP contribution in [0, 0.1) is 5.92 Å². The maximum Gasteiger partial charge on any atom is 0.191 e. The van der Waals surface area contributed by atoms with E-state index in [1.807, 2.05) is 6.07 Å². The largest absolute Gasteiger partial charge is 0.386 e. The number of nitrogens with one attached hydrogen (secondary N) is 2. The van der Waals surface area contributed by atoms with Gasteiger partial charge in [0.25, 0.3) is 0 Å². The Hall–Kier alpha value is -0.780. The molecule has 19 heavy (non-hydrogen) atoms. The highest BCUT2D eigenvalue weighted by atomic mass is 35.5. The highest BCUT2D eigenvalue weighted by molar-refractivity contribution is 7.16. The second kappa shape index (κ2) is 7.72. The highest BCUT2D eigenvalue weighted by Crippen LogP contribution is 2.26. The van der Waals surface area contributed by atoms with Gasteiger partial charge in [0.2, 0.25) is 0 Å². The van der Waals surface area contributed by atoms with Gasteiger partial charge in [-0.1, -0.05) is 25.4 Å². The third kappa shape index (κ3) is 5.38. The fourth-order valence-corrected chi connectivity index (χ4v) is 2.43. The molecule has 108 valence electrons. The second-order valence-corrected chi connectivity index (χ2v) is 6.53. The van der Waals surface area contributed by atoms with Crippen molar-refractivity contribution in [2.24, 2.45) is 10.9 Å². The van der Waals surface area contributed by atoms with Gasteiger partial charge in [0.05, 0.1) is 4.34 Å². The Morgan fingerprint density at radius 3 is 2.58 bits per heavy atom. The van der Waals surface area contributed by atoms with Gasteiger partial charge in [-0.15, -0.1) is 11.3 Å². The summed E-state index contributed by atoms with van der Waals surface area (Å²) >= 11 is 7.24. The number of rotatable bonds is 5. The topological polar surface area (TPSA) is 56.7 Å². The lowest BCUT2D eigenvalue weighted by molar-refractivity contribution is 0.184. The minimum Gasteiger partial charge on any atom is -0.386 e. The van der Waals surface area contributed by atoms with Crippen LogP contribution >= 0.6 is 22.9 Å². The predicted molar refractivity (Wildman–Crippen MR) is 83.1 cm³/mol. The van der Waals surface area contributed by atoms with Gasteiger partial charge in [0, 0.05) is 24.5 Å². The molecule has 1 rings (SSSR count). The molecule has 2 atom stereocenters. The first-order chi connectivity index (χ1) is 8.93. The van der Waals surface area contributed by atoms with Crippen LogP contribution in [0.15, 0.2) is 17.1 Å². The lowest BCUT2D eigenvalue weighted by Crippen LogP contribution is -2.45. The van der Waals surface area contributed by atoms with E-state index in [2.05, 4.69) is 36.4 Å². The smallest absolute Gasteiger partial charge is 0.191 e. The van der Waals surface area contributed by atoms with Gasteiger partial charge in [-0.2, -0.15) is 0 Å². The van der Waals surface area contributed by atoms with Crippen LogP contribution in [0.3, 0.4) is 0 Å². The summed E-state index contributed by atoms with van der Waals surface area (Å²) in [6.07, 6.45) is -0.578. The van der Waals surface area contributed by atoms with Crippen molar-refractivity contribution in [1.29, 1.82) is 0 Å². The Kier molecular flexibility index (Phi) is 6.62. The molecule has 0 amide bonds. The summed E-state index contributed by atoms with van der Waals surface area (Å²) in [4.78, 5) is 4.99. The second-order valence-electron chi connectivity index (χ2n) is 4.79. The molecule has 0 aliphatic heterocycles. The maximum atomic E-state index is 10.0. The summed E-state index contributed by atoms with van der Waals surface area (Å²) in [5.41, 5.74) is 0. The molecule has 0 aliphatic rings. The number of hydrogen-bond acceptors (Lipinski definition) is 3. The van der Waals surface area contributed by atoms with Gasteiger partial charge in [0.15, 0.2) is 5.96 Å². The SMILES string of the molecule is CN=C(NCC(O)c1ccc(Cl)s1)NC(C)C(C)C. The van der Waals surface area contributed by atoms with Crippen LogP contribution in [0.4, 0.5) is 0 Å². The Labute approximate surface area is 123 Å². The molecule has 4 nitrogen and oxygen atoms in total. The standard InChI is InChI=1S/C13H22ClN3OS/c1-8(2)9(3)17-13(15-4)16-7-10(18)11-5-6-12(14)19-11/h5-6,8-10,18H,7H2,1-4H3,(H2,15,16,17). The van der Waals surface area contributed by atoms with E-state index >= 15 is 0 Å². The van der Waals surface area contributed by atoms with E-state index < -0.39 is 6.10 Å². The zero-order valence-electron chi connectivity index (χ0n) is 11.8. The van der Waals surface area contributed by atoms with Crippen molar-refractivity contribution in [1.82, 2.24) is 10.6 Å². The van der Waals surface area contributed by atoms with Crippen molar-refractivity contribution in [2.45, 2.75) is 32.9 Å². The van der Waals surface area contributed by atoms with Gasteiger partial charge >= 0.3 is 0 Å². The lowest BCUT2D eigenvalue weighted by atomic mass is 10.1. The normalized spacial score (nSPS) is 15.4. The van der Waals surface area contributed by atoms with Gasteiger partial charge in [-0.25, -0.2) is 0 Å². The van der Waals surface area contributed by atoms with Crippen LogP contribution in [-0.2, 0) is 0 Å². The third-order valence-corrected chi connectivity index (χ3v) is 4.31. The number of halogens is 1. The van der Waals surface area contributed by atoms with Crippen LogP contribution < -0.4 is 10.6 Å². The van der Waals surface area contributed by atoms with E-state index in [-0.39, 0.29) is 0 Å². The van der Waals surface area contributed by atoms with E-state index in [1.165, 1.54) is 11.3 Å². The molecule has 1 aromatic heterocycles. The molecular formula is C13H22ClN3OS. The number of aliphatic imine (C=N–C) groups is 1. The number of guanidine groups is 1. The van der Waals surface area contributed by atoms with Crippen molar-refractivity contribution in [3.8, 4) is 0 Å². The maximum absolute atomic E-state index is 10.0. The van der Waals surface area contributed by atoms with Crippen LogP contribution in [0.2, 0.25) is 4.34 Å². The van der Waals surface area contributed by atoms with E-state index in [0.29, 0.717) is 28.8 Å². The van der Waals surface area contributed by atoms with E-state index in [9.17, 15) is 5.11 Å². The van der Waals surface area contributed by atoms with Crippen LogP contribution in [0.5, 0.6) is 0 Å². The van der Waals surface area contributed by atoms with Crippen LogP contribution in [0.1, 0.15) is 31.8 Å². The number of nitrogens with zero attached hydrogens (tertiary/aromatic N) is 1. The molecule has 0 bridgehead atoms. The molecule has 0 aliphatic carbocycles. The number of hydrogen-bond donors (Lipinski definition) is 3. The predicted octanol–water partition coefficient (Wildman–Crippen LogP) is 2.64. The number of thiophene rings is 1. The first-order valence-corrected chi connectivity index (χ1v) is 7.54. The van der Waals surface area contributed by atoms with Crippen LogP contribution in [0.25, 0.3) is 0 Å². The Balaban J connectivity index is 2.45. The van der Waals surface area contributed by atoms with Crippen LogP contribution in [-0.4, -0.2) is 30.7 Å². The molecule has 0 saturated carbocycles. The molecule has 0 radical (unpaired) electrons. The minimum absolute atomic E-state index is 0.319. The molecule has 6 heteroatoms. The van der Waals surface area contributed by atoms with Crippen molar-refractivity contribution in [3.05, 3.63) is 21.3 Å². The third-order valence-electron chi connectivity index (χ3n) is 2.97. The van der Waals surface area contributed by atoms with E-state index in [0.717, 1.165) is 4.88 Å². The first kappa shape index (κ1) is 16.3. The average molecular weight is 304 g/mol. The Morgan fingerprint density at radius 2 is 2.11 bits per heavy atom. The van der Waals surface area contributed by atoms with E-state index in [4.69, 9.17) is 11.6 Å². The van der Waals surface area contributed by atoms with Crippen molar-refractivity contribution < 1.29 is 5.11 Å². The molecule has 0 aromatic carbocycles. The zero-order valence-corrected chi connectivity index (χ0v) is 13.3. The summed E-state index contributed by atoms with van der Waals surface area (Å²) in [7, 11) is 1.72. The molecule has 0 fully saturated rings. The molecule has 1 heterocycles. The monoisotopic (exact) mass is 303 g/mol. The highest BCUT2D eigenvalue weighted by Gasteiger charge is 2.13. The first-order valence-electron chi connectivity index (χ1n) is 6.34. The van der Waals surface area contributed by atoms with Gasteiger partial charge in [-0.3, -0.25) is 4.99 Å².